The molecule has 0 spiro atoms. The van der Waals surface area contributed by atoms with Crippen LogP contribution in [0.5, 0.6) is 0 Å². The summed E-state index contributed by atoms with van der Waals surface area (Å²) in [6.07, 6.45) is 1.21. The van der Waals surface area contributed by atoms with Crippen molar-refractivity contribution in [3.05, 3.63) is 0 Å². The summed E-state index contributed by atoms with van der Waals surface area (Å²) in [7, 11) is 2.20. The molecule has 0 heterocycles. The second kappa shape index (κ2) is 9.70. The molecule has 4 heteroatoms. The fraction of sp³-hybridized carbons (Fsp3) is 1.00. The van der Waals surface area contributed by atoms with Gasteiger partial charge in [-0.15, -0.1) is 0 Å². The van der Waals surface area contributed by atoms with E-state index < -0.39 is 0 Å². The van der Waals surface area contributed by atoms with Crippen molar-refractivity contribution in [2.75, 3.05) is 46.3 Å². The van der Waals surface area contributed by atoms with Gasteiger partial charge in [-0.2, -0.15) is 0 Å². The van der Waals surface area contributed by atoms with E-state index in [9.17, 15) is 0 Å². The van der Waals surface area contributed by atoms with Gasteiger partial charge < -0.3 is 16.0 Å². The van der Waals surface area contributed by atoms with Gasteiger partial charge in [-0.05, 0) is 54.3 Å². The minimum atomic E-state index is 0.217. The van der Waals surface area contributed by atoms with Crippen molar-refractivity contribution < 1.29 is 0 Å². The van der Waals surface area contributed by atoms with Crippen molar-refractivity contribution in [1.29, 1.82) is 0 Å². The van der Waals surface area contributed by atoms with Crippen molar-refractivity contribution in [3.8, 4) is 0 Å². The molecule has 0 aliphatic rings. The second-order valence-corrected chi connectivity index (χ2v) is 6.54. The van der Waals surface area contributed by atoms with Crippen LogP contribution >= 0.6 is 0 Å². The van der Waals surface area contributed by atoms with Crippen molar-refractivity contribution >= 4 is 0 Å². The van der Waals surface area contributed by atoms with E-state index in [1.807, 2.05) is 0 Å². The number of nitrogens with one attached hydrogen (secondary N) is 1. The topological polar surface area (TPSA) is 44.5 Å². The molecule has 1 atom stereocenters. The summed E-state index contributed by atoms with van der Waals surface area (Å²) in [5, 5.41) is 3.53. The molecule has 19 heavy (non-hydrogen) atoms. The standard InChI is InChI=1S/C15H36N4/c1-7-19(12-9-16)14(2)8-11-18(6)13-10-17-15(3,4)5/h14,17H,7-13,16H2,1-6H3. The number of hydrogen-bond acceptors (Lipinski definition) is 4. The normalized spacial score (nSPS) is 14.4. The fourth-order valence-electron chi connectivity index (χ4n) is 2.18. The molecule has 1 unspecified atom stereocenters. The summed E-state index contributed by atoms with van der Waals surface area (Å²) in [6, 6.07) is 0.617. The lowest BCUT2D eigenvalue weighted by molar-refractivity contribution is 0.193. The maximum absolute atomic E-state index is 5.64. The molecule has 0 rings (SSSR count). The Hall–Kier alpha value is -0.160. The summed E-state index contributed by atoms with van der Waals surface area (Å²) in [6.45, 7) is 17.3. The Morgan fingerprint density at radius 3 is 2.26 bits per heavy atom. The van der Waals surface area contributed by atoms with E-state index in [1.165, 1.54) is 6.42 Å². The first-order chi connectivity index (χ1) is 8.80. The molecule has 0 radical (unpaired) electrons. The molecule has 3 N–H and O–H groups in total. The van der Waals surface area contributed by atoms with Crippen molar-refractivity contribution in [3.63, 3.8) is 0 Å². The first kappa shape index (κ1) is 18.8. The zero-order chi connectivity index (χ0) is 14.9. The first-order valence-electron chi connectivity index (χ1n) is 7.67. The van der Waals surface area contributed by atoms with Crippen LogP contribution in [-0.2, 0) is 0 Å². The number of hydrogen-bond donors (Lipinski definition) is 2. The van der Waals surface area contributed by atoms with Gasteiger partial charge in [0, 0.05) is 37.8 Å². The Morgan fingerprint density at radius 2 is 1.79 bits per heavy atom. The van der Waals surface area contributed by atoms with Gasteiger partial charge in [0.2, 0.25) is 0 Å². The van der Waals surface area contributed by atoms with E-state index in [0.29, 0.717) is 6.04 Å². The van der Waals surface area contributed by atoms with E-state index >= 15 is 0 Å². The predicted octanol–water partition coefficient (Wildman–Crippen LogP) is 1.37. The third kappa shape index (κ3) is 10.3. The van der Waals surface area contributed by atoms with Gasteiger partial charge in [-0.25, -0.2) is 0 Å². The summed E-state index contributed by atoms with van der Waals surface area (Å²) < 4.78 is 0. The maximum Gasteiger partial charge on any atom is 0.0107 e. The van der Waals surface area contributed by atoms with Gasteiger partial charge in [0.05, 0.1) is 0 Å². The van der Waals surface area contributed by atoms with E-state index in [-0.39, 0.29) is 5.54 Å². The van der Waals surface area contributed by atoms with Crippen LogP contribution in [0.1, 0.15) is 41.0 Å². The summed E-state index contributed by atoms with van der Waals surface area (Å²) in [5.74, 6) is 0. The van der Waals surface area contributed by atoms with Crippen LogP contribution in [-0.4, -0.2) is 67.7 Å². The third-order valence-corrected chi connectivity index (χ3v) is 3.52. The van der Waals surface area contributed by atoms with Crippen LogP contribution < -0.4 is 11.1 Å². The molecule has 116 valence electrons. The highest BCUT2D eigenvalue weighted by atomic mass is 15.2. The predicted molar refractivity (Wildman–Crippen MR) is 85.6 cm³/mol. The third-order valence-electron chi connectivity index (χ3n) is 3.52. The molecule has 0 aromatic carbocycles. The molecule has 0 fully saturated rings. The van der Waals surface area contributed by atoms with Crippen LogP contribution in [0.4, 0.5) is 0 Å². The Morgan fingerprint density at radius 1 is 1.16 bits per heavy atom. The van der Waals surface area contributed by atoms with Gasteiger partial charge in [-0.3, -0.25) is 4.90 Å². The molecule has 0 aliphatic heterocycles. The van der Waals surface area contributed by atoms with E-state index in [0.717, 1.165) is 39.3 Å². The quantitative estimate of drug-likeness (QED) is 0.630. The molecule has 0 saturated carbocycles. The zero-order valence-corrected chi connectivity index (χ0v) is 14.0. The lowest BCUT2D eigenvalue weighted by atomic mass is 10.1. The Kier molecular flexibility index (Phi) is 9.62. The van der Waals surface area contributed by atoms with Gasteiger partial charge in [-0.1, -0.05) is 6.92 Å². The van der Waals surface area contributed by atoms with Crippen LogP contribution in [0.25, 0.3) is 0 Å². The summed E-state index contributed by atoms with van der Waals surface area (Å²) in [4.78, 5) is 4.87. The average molecular weight is 272 g/mol. The van der Waals surface area contributed by atoms with Crippen molar-refractivity contribution in [1.82, 2.24) is 15.1 Å². The Labute approximate surface area is 120 Å². The molecule has 0 amide bonds. The van der Waals surface area contributed by atoms with Gasteiger partial charge in [0.25, 0.3) is 0 Å². The van der Waals surface area contributed by atoms with Crippen LogP contribution in [0.3, 0.4) is 0 Å². The monoisotopic (exact) mass is 272 g/mol. The minimum Gasteiger partial charge on any atom is -0.329 e. The van der Waals surface area contributed by atoms with Gasteiger partial charge in [0.1, 0.15) is 0 Å². The first-order valence-corrected chi connectivity index (χ1v) is 7.67. The Bertz CT molecular complexity index is 213. The number of likely N-dealkylation sites (N-methyl/N-ethyl adjacent to an activating group) is 2. The fourth-order valence-corrected chi connectivity index (χ4v) is 2.18. The van der Waals surface area contributed by atoms with Crippen LogP contribution in [0.15, 0.2) is 0 Å². The van der Waals surface area contributed by atoms with Crippen molar-refractivity contribution in [2.45, 2.75) is 52.6 Å². The van der Waals surface area contributed by atoms with E-state index in [2.05, 4.69) is 56.8 Å². The number of rotatable bonds is 10. The molecule has 4 nitrogen and oxygen atoms in total. The highest BCUT2D eigenvalue weighted by Gasteiger charge is 2.12. The van der Waals surface area contributed by atoms with Crippen molar-refractivity contribution in [2.24, 2.45) is 5.73 Å². The second-order valence-electron chi connectivity index (χ2n) is 6.54. The average Bonchev–Trinajstić information content (AvgIpc) is 2.31. The van der Waals surface area contributed by atoms with Gasteiger partial charge >= 0.3 is 0 Å². The molecule has 0 aromatic rings. The molecular weight excluding hydrogens is 236 g/mol. The van der Waals surface area contributed by atoms with Crippen LogP contribution in [0, 0.1) is 0 Å². The maximum atomic E-state index is 5.64. The largest absolute Gasteiger partial charge is 0.329 e. The molecule has 0 aliphatic carbocycles. The van der Waals surface area contributed by atoms with Gasteiger partial charge in [0.15, 0.2) is 0 Å². The molecule has 0 saturated heterocycles. The van der Waals surface area contributed by atoms with E-state index in [1.54, 1.807) is 0 Å². The van der Waals surface area contributed by atoms with Crippen LogP contribution in [0.2, 0.25) is 0 Å². The number of nitrogens with zero attached hydrogens (tertiary/aromatic N) is 2. The lowest BCUT2D eigenvalue weighted by Crippen LogP contribution is -2.42. The highest BCUT2D eigenvalue weighted by molar-refractivity contribution is 4.72. The lowest BCUT2D eigenvalue weighted by Gasteiger charge is -2.29. The number of nitrogens with two attached hydrogens (primary N) is 1. The summed E-state index contributed by atoms with van der Waals surface area (Å²) in [5.41, 5.74) is 5.86. The SMILES string of the molecule is CCN(CCN)C(C)CCN(C)CCNC(C)(C)C. The molecular formula is C15H36N4. The highest BCUT2D eigenvalue weighted by Crippen LogP contribution is 2.04. The molecule has 0 bridgehead atoms. The summed E-state index contributed by atoms with van der Waals surface area (Å²) >= 11 is 0. The zero-order valence-electron chi connectivity index (χ0n) is 14.0. The van der Waals surface area contributed by atoms with E-state index in [4.69, 9.17) is 5.73 Å². The Balaban J connectivity index is 3.79. The molecule has 0 aromatic heterocycles. The minimum absolute atomic E-state index is 0.217. The smallest absolute Gasteiger partial charge is 0.0107 e.